The van der Waals surface area contributed by atoms with Gasteiger partial charge in [-0.2, -0.15) is 5.26 Å². The van der Waals surface area contributed by atoms with Crippen molar-refractivity contribution in [3.63, 3.8) is 0 Å². The van der Waals surface area contributed by atoms with Crippen molar-refractivity contribution in [1.29, 1.82) is 5.26 Å². The zero-order chi connectivity index (χ0) is 24.9. The van der Waals surface area contributed by atoms with Gasteiger partial charge in [0, 0.05) is 11.7 Å². The van der Waals surface area contributed by atoms with Crippen LogP contribution in [0.5, 0.6) is 11.5 Å². The van der Waals surface area contributed by atoms with Crippen molar-refractivity contribution < 1.29 is 17.9 Å². The minimum atomic E-state index is -3.27. The molecule has 0 unspecified atom stereocenters. The van der Waals surface area contributed by atoms with Crippen LogP contribution >= 0.6 is 23.2 Å². The smallest absolute Gasteiger partial charge is 0.175 e. The lowest BCUT2D eigenvalue weighted by molar-refractivity contribution is 0.305. The standard InChI is InChI=1S/C26H25Cl2NO4S/c1-26(2,21-14-19(16-29)25(24(28)15-21)32-12-11-27)20-7-9-22(10-8-20)33-17-18-5-4-6-23(13-18)34(3,30)31/h4-10,13-15H,11-12,17H2,1-3H3. The topological polar surface area (TPSA) is 76.4 Å². The maximum atomic E-state index is 11.8. The molecule has 0 fully saturated rings. The summed E-state index contributed by atoms with van der Waals surface area (Å²) in [5.74, 6) is 1.30. The van der Waals surface area contributed by atoms with E-state index in [0.29, 0.717) is 28.0 Å². The van der Waals surface area contributed by atoms with Gasteiger partial charge in [-0.25, -0.2) is 8.42 Å². The minimum absolute atomic E-state index is 0.247. The van der Waals surface area contributed by atoms with Crippen LogP contribution in [0, 0.1) is 11.3 Å². The maximum Gasteiger partial charge on any atom is 0.175 e. The van der Waals surface area contributed by atoms with Crippen LogP contribution in [0.4, 0.5) is 0 Å². The molecule has 8 heteroatoms. The monoisotopic (exact) mass is 517 g/mol. The van der Waals surface area contributed by atoms with E-state index in [0.717, 1.165) is 16.7 Å². The number of hydrogen-bond acceptors (Lipinski definition) is 5. The van der Waals surface area contributed by atoms with E-state index in [2.05, 4.69) is 6.07 Å². The summed E-state index contributed by atoms with van der Waals surface area (Å²) < 4.78 is 34.9. The summed E-state index contributed by atoms with van der Waals surface area (Å²) in [6.07, 6.45) is 1.18. The highest BCUT2D eigenvalue weighted by molar-refractivity contribution is 7.90. The van der Waals surface area contributed by atoms with E-state index < -0.39 is 15.3 Å². The third-order valence-electron chi connectivity index (χ3n) is 5.52. The molecule has 34 heavy (non-hydrogen) atoms. The summed E-state index contributed by atoms with van der Waals surface area (Å²) in [5, 5.41) is 9.95. The molecule has 178 valence electrons. The average Bonchev–Trinajstić information content (AvgIpc) is 2.81. The second kappa shape index (κ2) is 10.7. The molecule has 0 saturated heterocycles. The third-order valence-corrected chi connectivity index (χ3v) is 7.06. The highest BCUT2D eigenvalue weighted by atomic mass is 35.5. The first-order chi connectivity index (χ1) is 16.1. The van der Waals surface area contributed by atoms with Crippen LogP contribution in [-0.2, 0) is 21.9 Å². The summed E-state index contributed by atoms with van der Waals surface area (Å²) in [7, 11) is -3.27. The van der Waals surface area contributed by atoms with Crippen LogP contribution in [0.2, 0.25) is 5.02 Å². The zero-order valence-corrected chi connectivity index (χ0v) is 21.5. The molecule has 0 aliphatic heterocycles. The molecule has 0 saturated carbocycles. The Hall–Kier alpha value is -2.72. The molecule has 0 aromatic heterocycles. The normalized spacial score (nSPS) is 11.6. The van der Waals surface area contributed by atoms with Gasteiger partial charge >= 0.3 is 0 Å². The van der Waals surface area contributed by atoms with Crippen LogP contribution < -0.4 is 9.47 Å². The first-order valence-electron chi connectivity index (χ1n) is 10.5. The molecule has 0 amide bonds. The molecular weight excluding hydrogens is 493 g/mol. The molecule has 0 radical (unpaired) electrons. The number of nitriles is 1. The van der Waals surface area contributed by atoms with E-state index >= 15 is 0 Å². The number of alkyl halides is 1. The number of ether oxygens (including phenoxy) is 2. The Kier molecular flexibility index (Phi) is 8.14. The van der Waals surface area contributed by atoms with Crippen molar-refractivity contribution in [3.05, 3.63) is 87.9 Å². The van der Waals surface area contributed by atoms with Gasteiger partial charge in [0.1, 0.15) is 25.0 Å². The van der Waals surface area contributed by atoms with Gasteiger partial charge in [-0.3, -0.25) is 0 Å². The molecule has 0 aliphatic carbocycles. The Morgan fingerprint density at radius 3 is 2.32 bits per heavy atom. The van der Waals surface area contributed by atoms with Crippen LogP contribution in [0.3, 0.4) is 0 Å². The van der Waals surface area contributed by atoms with E-state index in [4.69, 9.17) is 32.7 Å². The van der Waals surface area contributed by atoms with Crippen molar-refractivity contribution in [3.8, 4) is 17.6 Å². The quantitative estimate of drug-likeness (QED) is 0.318. The van der Waals surface area contributed by atoms with Crippen molar-refractivity contribution in [2.45, 2.75) is 30.8 Å². The summed E-state index contributed by atoms with van der Waals surface area (Å²) in [4.78, 5) is 0.264. The van der Waals surface area contributed by atoms with Gasteiger partial charge in [-0.1, -0.05) is 49.7 Å². The van der Waals surface area contributed by atoms with Gasteiger partial charge in [0.05, 0.1) is 21.4 Å². The van der Waals surface area contributed by atoms with E-state index in [1.54, 1.807) is 24.3 Å². The highest BCUT2D eigenvalue weighted by Crippen LogP contribution is 2.38. The van der Waals surface area contributed by atoms with Crippen LogP contribution in [0.25, 0.3) is 0 Å². The van der Waals surface area contributed by atoms with Crippen LogP contribution in [0.15, 0.2) is 65.6 Å². The Morgan fingerprint density at radius 1 is 1.00 bits per heavy atom. The summed E-state index contributed by atoms with van der Waals surface area (Å²) >= 11 is 12.1. The Bertz CT molecular complexity index is 1310. The summed E-state index contributed by atoms with van der Waals surface area (Å²) in [5.41, 5.74) is 2.56. The lowest BCUT2D eigenvalue weighted by atomic mass is 9.77. The fourth-order valence-electron chi connectivity index (χ4n) is 3.49. The summed E-state index contributed by atoms with van der Waals surface area (Å²) in [6.45, 7) is 4.60. The largest absolute Gasteiger partial charge is 0.489 e. The molecule has 5 nitrogen and oxygen atoms in total. The van der Waals surface area contributed by atoms with Crippen molar-refractivity contribution in [1.82, 2.24) is 0 Å². The van der Waals surface area contributed by atoms with Crippen LogP contribution in [0.1, 0.15) is 36.1 Å². The molecule has 0 heterocycles. The molecule has 0 atom stereocenters. The number of hydrogen-bond donors (Lipinski definition) is 0. The lowest BCUT2D eigenvalue weighted by Crippen LogP contribution is -2.19. The molecular formula is C26H25Cl2NO4S. The number of rotatable bonds is 9. The van der Waals surface area contributed by atoms with Gasteiger partial charge in [-0.05, 0) is 53.1 Å². The number of halogens is 2. The predicted molar refractivity (Wildman–Crippen MR) is 135 cm³/mol. The second-order valence-electron chi connectivity index (χ2n) is 8.34. The van der Waals surface area contributed by atoms with E-state index in [1.807, 2.05) is 50.2 Å². The fourth-order valence-corrected chi connectivity index (χ4v) is 4.53. The molecule has 0 spiro atoms. The molecule has 3 aromatic carbocycles. The second-order valence-corrected chi connectivity index (χ2v) is 11.1. The van der Waals surface area contributed by atoms with Gasteiger partial charge < -0.3 is 9.47 Å². The summed E-state index contributed by atoms with van der Waals surface area (Å²) in [6, 6.07) is 20.1. The Labute approximate surface area is 210 Å². The van der Waals surface area contributed by atoms with Crippen molar-refractivity contribution in [2.75, 3.05) is 18.7 Å². The zero-order valence-electron chi connectivity index (χ0n) is 19.1. The molecule has 0 bridgehead atoms. The molecule has 0 N–H and O–H groups in total. The van der Waals surface area contributed by atoms with Crippen molar-refractivity contribution in [2.24, 2.45) is 0 Å². The van der Waals surface area contributed by atoms with Gasteiger partial charge in [-0.15, -0.1) is 11.6 Å². The van der Waals surface area contributed by atoms with Gasteiger partial charge in [0.25, 0.3) is 0 Å². The number of sulfone groups is 1. The van der Waals surface area contributed by atoms with Crippen molar-refractivity contribution >= 4 is 33.0 Å². The SMILES string of the molecule is CC(C)(c1ccc(OCc2cccc(S(C)(=O)=O)c2)cc1)c1cc(Cl)c(OCCCl)c(C#N)c1. The van der Waals surface area contributed by atoms with E-state index in [1.165, 1.54) is 6.26 Å². The minimum Gasteiger partial charge on any atom is -0.489 e. The lowest BCUT2D eigenvalue weighted by Gasteiger charge is -2.27. The fraction of sp³-hybridized carbons (Fsp3) is 0.269. The van der Waals surface area contributed by atoms with Gasteiger partial charge in [0.2, 0.25) is 0 Å². The highest BCUT2D eigenvalue weighted by Gasteiger charge is 2.26. The molecule has 0 aliphatic rings. The maximum absolute atomic E-state index is 11.8. The Morgan fingerprint density at radius 2 is 1.71 bits per heavy atom. The van der Waals surface area contributed by atoms with Gasteiger partial charge in [0.15, 0.2) is 15.6 Å². The molecule has 3 rings (SSSR count). The number of nitrogens with zero attached hydrogens (tertiary/aromatic N) is 1. The van der Waals surface area contributed by atoms with E-state index in [9.17, 15) is 13.7 Å². The van der Waals surface area contributed by atoms with Crippen LogP contribution in [-0.4, -0.2) is 27.2 Å². The van der Waals surface area contributed by atoms with E-state index in [-0.39, 0.29) is 18.1 Å². The average molecular weight is 518 g/mol. The Balaban J connectivity index is 1.79. The third kappa shape index (κ3) is 6.04. The first-order valence-corrected chi connectivity index (χ1v) is 13.3. The number of benzene rings is 3. The first kappa shape index (κ1) is 25.9. The molecule has 3 aromatic rings. The predicted octanol–water partition coefficient (Wildman–Crippen LogP) is 6.14.